The Balaban J connectivity index is 2.00. The quantitative estimate of drug-likeness (QED) is 0.846. The molecule has 18 heavy (non-hydrogen) atoms. The van der Waals surface area contributed by atoms with Gasteiger partial charge in [-0.2, -0.15) is 0 Å². The number of benzene rings is 1. The number of carbonyl (C=O) groups is 1. The van der Waals surface area contributed by atoms with Gasteiger partial charge in [0.25, 0.3) is 0 Å². The van der Waals surface area contributed by atoms with Crippen LogP contribution in [0.5, 0.6) is 0 Å². The highest BCUT2D eigenvalue weighted by Gasteiger charge is 2.31. The number of aromatic nitrogens is 1. The molecule has 3 rings (SSSR count). The van der Waals surface area contributed by atoms with Gasteiger partial charge >= 0.3 is 5.97 Å². The maximum atomic E-state index is 11.0. The maximum Gasteiger partial charge on any atom is 0.307 e. The van der Waals surface area contributed by atoms with Crippen molar-refractivity contribution in [3.63, 3.8) is 0 Å². The Bertz CT molecular complexity index is 605. The number of aryl methyl sites for hydroxylation is 1. The molecule has 2 aromatic rings. The third-order valence-corrected chi connectivity index (χ3v) is 3.56. The Morgan fingerprint density at radius 3 is 3.11 bits per heavy atom. The summed E-state index contributed by atoms with van der Waals surface area (Å²) in [6.07, 6.45) is 0.610. The average molecular weight is 246 g/mol. The van der Waals surface area contributed by atoms with E-state index in [1.165, 1.54) is 0 Å². The van der Waals surface area contributed by atoms with Crippen LogP contribution >= 0.6 is 0 Å². The molecule has 0 spiro atoms. The Morgan fingerprint density at radius 2 is 2.39 bits per heavy atom. The predicted octanol–water partition coefficient (Wildman–Crippen LogP) is 1.87. The highest BCUT2D eigenvalue weighted by atomic mass is 16.5. The van der Waals surface area contributed by atoms with E-state index in [-0.39, 0.29) is 12.0 Å². The number of hydrogen-bond acceptors (Lipinski definition) is 4. The molecule has 2 atom stereocenters. The number of carboxylic acids is 1. The monoisotopic (exact) mass is 246 g/mol. The predicted molar refractivity (Wildman–Crippen MR) is 65.2 cm³/mol. The van der Waals surface area contributed by atoms with E-state index in [2.05, 4.69) is 10.5 Å². The van der Waals surface area contributed by atoms with E-state index in [1.54, 1.807) is 0 Å². The summed E-state index contributed by atoms with van der Waals surface area (Å²) in [7, 11) is 0. The molecule has 2 N–H and O–H groups in total. The molecule has 1 saturated heterocycles. The molecule has 94 valence electrons. The van der Waals surface area contributed by atoms with Gasteiger partial charge < -0.3 is 14.9 Å². The lowest BCUT2D eigenvalue weighted by Gasteiger charge is -2.11. The van der Waals surface area contributed by atoms with Crippen LogP contribution in [0.25, 0.3) is 11.0 Å². The summed E-state index contributed by atoms with van der Waals surface area (Å²) in [5, 5.41) is 17.3. The lowest BCUT2D eigenvalue weighted by Crippen LogP contribution is -2.17. The molecule has 5 nitrogen and oxygen atoms in total. The van der Waals surface area contributed by atoms with Crippen molar-refractivity contribution in [1.29, 1.82) is 0 Å². The second-order valence-electron chi connectivity index (χ2n) is 4.72. The van der Waals surface area contributed by atoms with Crippen molar-refractivity contribution in [3.8, 4) is 0 Å². The first-order valence-electron chi connectivity index (χ1n) is 5.98. The van der Waals surface area contributed by atoms with Crippen LogP contribution in [-0.2, 0) is 4.79 Å². The molecule has 1 aromatic carbocycles. The minimum atomic E-state index is -0.737. The van der Waals surface area contributed by atoms with Crippen molar-refractivity contribution in [2.24, 2.45) is 5.92 Å². The molecule has 0 saturated carbocycles. The van der Waals surface area contributed by atoms with E-state index in [9.17, 15) is 4.79 Å². The molecule has 0 bridgehead atoms. The fourth-order valence-corrected chi connectivity index (χ4v) is 2.63. The molecule has 0 amide bonds. The zero-order valence-corrected chi connectivity index (χ0v) is 10.0. The van der Waals surface area contributed by atoms with Crippen LogP contribution in [0.2, 0.25) is 0 Å². The second-order valence-corrected chi connectivity index (χ2v) is 4.72. The smallest absolute Gasteiger partial charge is 0.307 e. The van der Waals surface area contributed by atoms with Crippen molar-refractivity contribution >= 4 is 16.9 Å². The maximum absolute atomic E-state index is 11.0. The number of fused-ring (bicyclic) bond motifs is 1. The van der Waals surface area contributed by atoms with Crippen LogP contribution in [0.3, 0.4) is 0 Å². The van der Waals surface area contributed by atoms with Crippen molar-refractivity contribution < 1.29 is 14.4 Å². The summed E-state index contributed by atoms with van der Waals surface area (Å²) in [4.78, 5) is 11.0. The third-order valence-electron chi connectivity index (χ3n) is 3.56. The Labute approximate surface area is 104 Å². The SMILES string of the molecule is Cc1noc2cccc(C3CC(C(=O)O)CN3)c12. The largest absolute Gasteiger partial charge is 0.481 e. The van der Waals surface area contributed by atoms with Crippen LogP contribution in [0.15, 0.2) is 22.7 Å². The van der Waals surface area contributed by atoms with Gasteiger partial charge in [0.15, 0.2) is 5.58 Å². The van der Waals surface area contributed by atoms with Crippen LogP contribution in [0.4, 0.5) is 0 Å². The standard InChI is InChI=1S/C13H14N2O3/c1-7-12-9(3-2-4-11(12)18-15-7)10-5-8(6-14-10)13(16)17/h2-4,8,10,14H,5-6H2,1H3,(H,16,17). The fraction of sp³-hybridized carbons (Fsp3) is 0.385. The third kappa shape index (κ3) is 1.67. The van der Waals surface area contributed by atoms with E-state index in [1.807, 2.05) is 25.1 Å². The molecular weight excluding hydrogens is 232 g/mol. The highest BCUT2D eigenvalue weighted by molar-refractivity contribution is 5.83. The van der Waals surface area contributed by atoms with Gasteiger partial charge in [0.2, 0.25) is 0 Å². The van der Waals surface area contributed by atoms with Crippen LogP contribution in [-0.4, -0.2) is 22.8 Å². The molecule has 2 heterocycles. The fourth-order valence-electron chi connectivity index (χ4n) is 2.63. The molecule has 1 aromatic heterocycles. The molecular formula is C13H14N2O3. The Morgan fingerprint density at radius 1 is 1.56 bits per heavy atom. The normalized spacial score (nSPS) is 23.6. The van der Waals surface area contributed by atoms with Crippen molar-refractivity contribution in [1.82, 2.24) is 10.5 Å². The number of aliphatic carboxylic acids is 1. The first-order valence-corrected chi connectivity index (χ1v) is 5.98. The summed E-state index contributed by atoms with van der Waals surface area (Å²) in [6, 6.07) is 5.86. The minimum Gasteiger partial charge on any atom is -0.481 e. The molecule has 0 aliphatic carbocycles. The first-order chi connectivity index (χ1) is 8.66. The number of nitrogens with one attached hydrogen (secondary N) is 1. The average Bonchev–Trinajstić information content (AvgIpc) is 2.96. The van der Waals surface area contributed by atoms with E-state index < -0.39 is 5.97 Å². The molecule has 1 aliphatic rings. The van der Waals surface area contributed by atoms with E-state index in [0.29, 0.717) is 13.0 Å². The summed E-state index contributed by atoms with van der Waals surface area (Å²) in [5.74, 6) is -1.05. The summed E-state index contributed by atoms with van der Waals surface area (Å²) in [5.41, 5.74) is 2.68. The van der Waals surface area contributed by atoms with Gasteiger partial charge in [0.05, 0.1) is 11.6 Å². The zero-order valence-electron chi connectivity index (χ0n) is 10.0. The topological polar surface area (TPSA) is 75.4 Å². The van der Waals surface area contributed by atoms with E-state index in [4.69, 9.17) is 9.63 Å². The lowest BCUT2D eigenvalue weighted by atomic mass is 9.97. The van der Waals surface area contributed by atoms with Crippen molar-refractivity contribution in [2.75, 3.05) is 6.54 Å². The van der Waals surface area contributed by atoms with E-state index in [0.717, 1.165) is 22.2 Å². The molecule has 0 radical (unpaired) electrons. The van der Waals surface area contributed by atoms with Crippen LogP contribution in [0.1, 0.15) is 23.7 Å². The van der Waals surface area contributed by atoms with Crippen LogP contribution in [0, 0.1) is 12.8 Å². The van der Waals surface area contributed by atoms with E-state index >= 15 is 0 Å². The number of carboxylic acid groups (broad SMARTS) is 1. The number of nitrogens with zero attached hydrogens (tertiary/aromatic N) is 1. The van der Waals surface area contributed by atoms with Gasteiger partial charge in [-0.05, 0) is 25.0 Å². The van der Waals surface area contributed by atoms with Crippen molar-refractivity contribution in [3.05, 3.63) is 29.5 Å². The highest BCUT2D eigenvalue weighted by Crippen LogP contribution is 2.33. The lowest BCUT2D eigenvalue weighted by molar-refractivity contribution is -0.141. The zero-order chi connectivity index (χ0) is 12.7. The van der Waals surface area contributed by atoms with Gasteiger partial charge in [0, 0.05) is 18.0 Å². The van der Waals surface area contributed by atoms with Gasteiger partial charge in [-0.25, -0.2) is 0 Å². The Kier molecular flexibility index (Phi) is 2.56. The van der Waals surface area contributed by atoms with Gasteiger partial charge in [0.1, 0.15) is 0 Å². The summed E-state index contributed by atoms with van der Waals surface area (Å²) < 4.78 is 5.23. The molecule has 1 aliphatic heterocycles. The molecule has 1 fully saturated rings. The van der Waals surface area contributed by atoms with Crippen LogP contribution < -0.4 is 5.32 Å². The number of rotatable bonds is 2. The van der Waals surface area contributed by atoms with Gasteiger partial charge in [-0.15, -0.1) is 0 Å². The first kappa shape index (κ1) is 11.2. The summed E-state index contributed by atoms with van der Waals surface area (Å²) >= 11 is 0. The minimum absolute atomic E-state index is 0.0629. The molecule has 5 heteroatoms. The summed E-state index contributed by atoms with van der Waals surface area (Å²) in [6.45, 7) is 2.42. The second kappa shape index (κ2) is 4.10. The Hall–Kier alpha value is -1.88. The van der Waals surface area contributed by atoms with Crippen molar-refractivity contribution in [2.45, 2.75) is 19.4 Å². The van der Waals surface area contributed by atoms with Gasteiger partial charge in [-0.1, -0.05) is 17.3 Å². The van der Waals surface area contributed by atoms with Gasteiger partial charge in [-0.3, -0.25) is 4.79 Å². The molecule has 2 unspecified atom stereocenters. The number of hydrogen-bond donors (Lipinski definition) is 2.